The molecule has 6 heteroatoms. The molecule has 2 aromatic rings. The van der Waals surface area contributed by atoms with Crippen LogP contribution in [0.3, 0.4) is 0 Å². The van der Waals surface area contributed by atoms with Crippen LogP contribution in [0.1, 0.15) is 66.0 Å². The number of anilines is 1. The molecule has 0 radical (unpaired) electrons. The van der Waals surface area contributed by atoms with Crippen molar-refractivity contribution in [2.45, 2.75) is 59.3 Å². The molecule has 0 aliphatic heterocycles. The molecular weight excluding hydrogens is 386 g/mol. The summed E-state index contributed by atoms with van der Waals surface area (Å²) < 4.78 is 11.1. The lowest BCUT2D eigenvalue weighted by atomic mass is 9.86. The van der Waals surface area contributed by atoms with E-state index < -0.39 is 0 Å². The lowest BCUT2D eigenvalue weighted by molar-refractivity contribution is -0.118. The lowest BCUT2D eigenvalue weighted by Gasteiger charge is -2.23. The van der Waals surface area contributed by atoms with Crippen molar-refractivity contribution in [2.24, 2.45) is 0 Å². The van der Waals surface area contributed by atoms with Crippen LogP contribution in [0.2, 0.25) is 0 Å². The van der Waals surface area contributed by atoms with Crippen LogP contribution in [-0.4, -0.2) is 25.1 Å². The second-order valence-corrected chi connectivity index (χ2v) is 9.47. The number of esters is 1. The monoisotopic (exact) mass is 415 g/mol. The Morgan fingerprint density at radius 3 is 2.66 bits per heavy atom. The predicted octanol–water partition coefficient (Wildman–Crippen LogP) is 5.04. The summed E-state index contributed by atoms with van der Waals surface area (Å²) in [5, 5.41) is 3.45. The fourth-order valence-corrected chi connectivity index (χ4v) is 4.88. The lowest BCUT2D eigenvalue weighted by Crippen LogP contribution is -2.23. The summed E-state index contributed by atoms with van der Waals surface area (Å²) >= 11 is 1.47. The van der Waals surface area contributed by atoms with Crippen LogP contribution in [0.4, 0.5) is 5.00 Å². The molecule has 156 valence electrons. The zero-order valence-electron chi connectivity index (χ0n) is 17.8. The van der Waals surface area contributed by atoms with E-state index in [0.717, 1.165) is 40.8 Å². The van der Waals surface area contributed by atoms with Gasteiger partial charge in [-0.05, 0) is 61.3 Å². The Labute approximate surface area is 176 Å². The molecule has 5 nitrogen and oxygen atoms in total. The van der Waals surface area contributed by atoms with Gasteiger partial charge in [0.15, 0.2) is 6.61 Å². The van der Waals surface area contributed by atoms with E-state index in [4.69, 9.17) is 9.47 Å². The zero-order valence-corrected chi connectivity index (χ0v) is 18.6. The summed E-state index contributed by atoms with van der Waals surface area (Å²) in [6, 6.07) is 6.05. The Morgan fingerprint density at radius 1 is 1.21 bits per heavy atom. The van der Waals surface area contributed by atoms with Crippen LogP contribution < -0.4 is 10.1 Å². The molecule has 0 bridgehead atoms. The first-order valence-corrected chi connectivity index (χ1v) is 10.9. The highest BCUT2D eigenvalue weighted by molar-refractivity contribution is 7.17. The molecular formula is C23H29NO4S. The van der Waals surface area contributed by atoms with Crippen molar-refractivity contribution in [1.29, 1.82) is 0 Å². The van der Waals surface area contributed by atoms with Crippen molar-refractivity contribution in [3.8, 4) is 5.75 Å². The van der Waals surface area contributed by atoms with Gasteiger partial charge in [0.1, 0.15) is 10.8 Å². The number of amides is 1. The maximum atomic E-state index is 12.6. The summed E-state index contributed by atoms with van der Waals surface area (Å²) in [6.45, 7) is 10.3. The number of thiophene rings is 1. The molecule has 0 atom stereocenters. The topological polar surface area (TPSA) is 64.6 Å². The van der Waals surface area contributed by atoms with Crippen LogP contribution in [0.25, 0.3) is 0 Å². The molecule has 0 unspecified atom stereocenters. The maximum Gasteiger partial charge on any atom is 0.341 e. The first-order chi connectivity index (χ1) is 13.7. The van der Waals surface area contributed by atoms with Crippen LogP contribution >= 0.6 is 11.3 Å². The van der Waals surface area contributed by atoms with E-state index >= 15 is 0 Å². The van der Waals surface area contributed by atoms with E-state index in [-0.39, 0.29) is 23.9 Å². The van der Waals surface area contributed by atoms with Crippen molar-refractivity contribution in [3.05, 3.63) is 45.3 Å². The van der Waals surface area contributed by atoms with E-state index in [2.05, 4.69) is 26.1 Å². The third-order valence-electron chi connectivity index (χ3n) is 4.96. The Morgan fingerprint density at radius 2 is 1.97 bits per heavy atom. The molecule has 1 N–H and O–H groups in total. The van der Waals surface area contributed by atoms with E-state index in [1.54, 1.807) is 6.92 Å². The smallest absolute Gasteiger partial charge is 0.341 e. The van der Waals surface area contributed by atoms with Gasteiger partial charge in [-0.25, -0.2) is 4.79 Å². The minimum Gasteiger partial charge on any atom is -0.483 e. The van der Waals surface area contributed by atoms with Gasteiger partial charge in [-0.15, -0.1) is 11.3 Å². The number of aryl methyl sites for hydroxylation is 2. The molecule has 1 aliphatic rings. The Kier molecular flexibility index (Phi) is 6.32. The maximum absolute atomic E-state index is 12.6. The Balaban J connectivity index is 1.75. The van der Waals surface area contributed by atoms with Gasteiger partial charge >= 0.3 is 5.97 Å². The summed E-state index contributed by atoms with van der Waals surface area (Å²) in [4.78, 5) is 26.2. The molecule has 0 spiro atoms. The van der Waals surface area contributed by atoms with Crippen LogP contribution in [0, 0.1) is 6.92 Å². The van der Waals surface area contributed by atoms with Crippen molar-refractivity contribution in [2.75, 3.05) is 18.5 Å². The molecule has 1 heterocycles. The van der Waals surface area contributed by atoms with E-state index in [1.807, 2.05) is 25.1 Å². The third kappa shape index (κ3) is 4.81. The first-order valence-electron chi connectivity index (χ1n) is 10.1. The van der Waals surface area contributed by atoms with E-state index in [1.165, 1.54) is 11.3 Å². The predicted molar refractivity (Wildman–Crippen MR) is 116 cm³/mol. The van der Waals surface area contributed by atoms with E-state index in [0.29, 0.717) is 22.9 Å². The molecule has 1 aromatic heterocycles. The number of ether oxygens (including phenoxy) is 2. The van der Waals surface area contributed by atoms with Gasteiger partial charge in [0.05, 0.1) is 12.2 Å². The third-order valence-corrected chi connectivity index (χ3v) is 6.16. The number of rotatable bonds is 6. The highest BCUT2D eigenvalue weighted by Gasteiger charge is 2.28. The number of carbonyl (C=O) groups is 2. The average molecular weight is 416 g/mol. The second-order valence-electron chi connectivity index (χ2n) is 8.37. The van der Waals surface area contributed by atoms with Gasteiger partial charge in [0.25, 0.3) is 5.91 Å². The highest BCUT2D eigenvalue weighted by Crippen LogP contribution is 2.39. The molecule has 0 saturated heterocycles. The number of hydrogen-bond acceptors (Lipinski definition) is 5. The summed E-state index contributed by atoms with van der Waals surface area (Å²) in [5.74, 6) is 0.0700. The minimum atomic E-state index is -0.364. The van der Waals surface area contributed by atoms with Gasteiger partial charge in [0.2, 0.25) is 0 Å². The molecule has 1 aromatic carbocycles. The van der Waals surface area contributed by atoms with Crippen molar-refractivity contribution in [1.82, 2.24) is 0 Å². The summed E-state index contributed by atoms with van der Waals surface area (Å²) in [6.07, 6.45) is 2.83. The van der Waals surface area contributed by atoms with Gasteiger partial charge in [0, 0.05) is 4.88 Å². The van der Waals surface area contributed by atoms with Crippen LogP contribution in [0.5, 0.6) is 5.75 Å². The molecule has 3 rings (SSSR count). The fraction of sp³-hybridized carbons (Fsp3) is 0.478. The molecule has 29 heavy (non-hydrogen) atoms. The van der Waals surface area contributed by atoms with Gasteiger partial charge < -0.3 is 14.8 Å². The van der Waals surface area contributed by atoms with Crippen LogP contribution in [0.15, 0.2) is 18.2 Å². The molecule has 1 amide bonds. The second kappa shape index (κ2) is 8.57. The number of carbonyl (C=O) groups excluding carboxylic acids is 2. The minimum absolute atomic E-state index is 0.0921. The largest absolute Gasteiger partial charge is 0.483 e. The van der Waals surface area contributed by atoms with Gasteiger partial charge in [-0.3, -0.25) is 4.79 Å². The standard InChI is InChI=1S/C23H29NO4S/c1-6-27-22(26)20-15-8-7-9-18(15)29-21(20)24-19(25)13-28-17-12-14(2)10-11-16(17)23(3,4)5/h10-12H,6-9,13H2,1-5H3,(H,24,25). The number of fused-ring (bicyclic) bond motifs is 1. The van der Waals surface area contributed by atoms with Gasteiger partial charge in [-0.1, -0.05) is 32.9 Å². The number of nitrogens with one attached hydrogen (secondary N) is 1. The van der Waals surface area contributed by atoms with E-state index in [9.17, 15) is 9.59 Å². The molecule has 0 saturated carbocycles. The highest BCUT2D eigenvalue weighted by atomic mass is 32.1. The van der Waals surface area contributed by atoms with Crippen molar-refractivity contribution in [3.63, 3.8) is 0 Å². The Hall–Kier alpha value is -2.34. The number of benzene rings is 1. The quantitative estimate of drug-likeness (QED) is 0.672. The summed E-state index contributed by atoms with van der Waals surface area (Å²) in [7, 11) is 0. The van der Waals surface area contributed by atoms with Crippen molar-refractivity contribution >= 4 is 28.2 Å². The first kappa shape index (κ1) is 21.4. The van der Waals surface area contributed by atoms with Gasteiger partial charge in [-0.2, -0.15) is 0 Å². The Bertz CT molecular complexity index is 924. The summed E-state index contributed by atoms with van der Waals surface area (Å²) in [5.41, 5.74) is 3.58. The fourth-order valence-electron chi connectivity index (χ4n) is 3.59. The van der Waals surface area contributed by atoms with Crippen LogP contribution in [-0.2, 0) is 27.8 Å². The average Bonchev–Trinajstić information content (AvgIpc) is 3.19. The van der Waals surface area contributed by atoms with Crippen molar-refractivity contribution < 1.29 is 19.1 Å². The SMILES string of the molecule is CCOC(=O)c1c(NC(=O)COc2cc(C)ccc2C(C)(C)C)sc2c1CCC2. The molecule has 1 aliphatic carbocycles. The molecule has 0 fully saturated rings. The number of hydrogen-bond donors (Lipinski definition) is 1. The zero-order chi connectivity index (χ0) is 21.2. The normalized spacial score (nSPS) is 13.1.